The molecular formula is C14H15BrClN3. The fraction of sp³-hybridized carbons (Fsp3) is 0.286. The number of halogens is 2. The Hall–Kier alpha value is -1.13. The number of benzene rings is 1. The van der Waals surface area contributed by atoms with Gasteiger partial charge in [0.25, 0.3) is 0 Å². The summed E-state index contributed by atoms with van der Waals surface area (Å²) in [5.74, 6) is 0.770. The SMILES string of the molecule is CCCc1c(Cl)ncnc1Nc1ccc(C)cc1Br. The topological polar surface area (TPSA) is 37.8 Å². The molecule has 19 heavy (non-hydrogen) atoms. The van der Waals surface area contributed by atoms with E-state index in [-0.39, 0.29) is 0 Å². The molecule has 100 valence electrons. The van der Waals surface area contributed by atoms with Crippen LogP contribution in [0.15, 0.2) is 29.0 Å². The van der Waals surface area contributed by atoms with Crippen molar-refractivity contribution in [3.8, 4) is 0 Å². The van der Waals surface area contributed by atoms with Crippen LogP contribution in [0.3, 0.4) is 0 Å². The molecule has 5 heteroatoms. The highest BCUT2D eigenvalue weighted by molar-refractivity contribution is 9.10. The van der Waals surface area contributed by atoms with Crippen molar-refractivity contribution in [2.45, 2.75) is 26.7 Å². The molecule has 0 spiro atoms. The molecule has 0 unspecified atom stereocenters. The van der Waals surface area contributed by atoms with E-state index in [2.05, 4.69) is 57.2 Å². The molecule has 1 N–H and O–H groups in total. The van der Waals surface area contributed by atoms with Crippen molar-refractivity contribution >= 4 is 39.0 Å². The average Bonchev–Trinajstić information content (AvgIpc) is 2.37. The van der Waals surface area contributed by atoms with Gasteiger partial charge in [0.1, 0.15) is 17.3 Å². The summed E-state index contributed by atoms with van der Waals surface area (Å²) in [5.41, 5.74) is 3.13. The molecule has 1 aromatic carbocycles. The summed E-state index contributed by atoms with van der Waals surface area (Å²) >= 11 is 9.68. The molecule has 0 bridgehead atoms. The van der Waals surface area contributed by atoms with E-state index in [4.69, 9.17) is 11.6 Å². The third kappa shape index (κ3) is 3.45. The summed E-state index contributed by atoms with van der Waals surface area (Å²) in [6, 6.07) is 6.13. The van der Waals surface area contributed by atoms with E-state index in [0.717, 1.165) is 34.4 Å². The van der Waals surface area contributed by atoms with Crippen LogP contribution in [0.2, 0.25) is 5.15 Å². The minimum absolute atomic E-state index is 0.516. The third-order valence-electron chi connectivity index (χ3n) is 2.77. The van der Waals surface area contributed by atoms with Crippen LogP contribution in [0.25, 0.3) is 0 Å². The Bertz CT molecular complexity index is 587. The molecule has 0 radical (unpaired) electrons. The first-order valence-corrected chi connectivity index (χ1v) is 7.31. The van der Waals surface area contributed by atoms with E-state index in [0.29, 0.717) is 5.15 Å². The second kappa shape index (κ2) is 6.35. The zero-order valence-electron chi connectivity index (χ0n) is 10.9. The molecule has 0 amide bonds. The van der Waals surface area contributed by atoms with Gasteiger partial charge in [-0.05, 0) is 47.0 Å². The third-order valence-corrected chi connectivity index (χ3v) is 3.75. The number of hydrogen-bond donors (Lipinski definition) is 1. The van der Waals surface area contributed by atoms with Crippen LogP contribution in [0, 0.1) is 6.92 Å². The van der Waals surface area contributed by atoms with Crippen molar-refractivity contribution in [1.82, 2.24) is 9.97 Å². The normalized spacial score (nSPS) is 10.5. The number of nitrogens with zero attached hydrogens (tertiary/aromatic N) is 2. The standard InChI is InChI=1S/C14H15BrClN3/c1-3-4-10-13(16)17-8-18-14(10)19-12-6-5-9(2)7-11(12)15/h5-8H,3-4H2,1-2H3,(H,17,18,19). The van der Waals surface area contributed by atoms with Gasteiger partial charge in [0.2, 0.25) is 0 Å². The lowest BCUT2D eigenvalue weighted by Gasteiger charge is -2.12. The van der Waals surface area contributed by atoms with E-state index >= 15 is 0 Å². The number of rotatable bonds is 4. The van der Waals surface area contributed by atoms with Crippen molar-refractivity contribution in [3.05, 3.63) is 45.3 Å². The van der Waals surface area contributed by atoms with Crippen LogP contribution in [0.1, 0.15) is 24.5 Å². The summed E-state index contributed by atoms with van der Waals surface area (Å²) in [5, 5.41) is 3.83. The monoisotopic (exact) mass is 339 g/mol. The Morgan fingerprint density at radius 2 is 2.11 bits per heavy atom. The maximum absolute atomic E-state index is 6.14. The first-order chi connectivity index (χ1) is 9.11. The van der Waals surface area contributed by atoms with Gasteiger partial charge in [-0.3, -0.25) is 0 Å². The van der Waals surface area contributed by atoms with Gasteiger partial charge < -0.3 is 5.32 Å². The minimum Gasteiger partial charge on any atom is -0.339 e. The zero-order chi connectivity index (χ0) is 13.8. The molecule has 1 heterocycles. The average molecular weight is 341 g/mol. The molecule has 3 nitrogen and oxygen atoms in total. The summed E-state index contributed by atoms with van der Waals surface area (Å²) in [6.07, 6.45) is 3.33. The molecule has 0 aliphatic carbocycles. The lowest BCUT2D eigenvalue weighted by atomic mass is 10.1. The molecule has 1 aromatic heterocycles. The van der Waals surface area contributed by atoms with E-state index in [9.17, 15) is 0 Å². The number of aryl methyl sites for hydroxylation is 1. The first kappa shape index (κ1) is 14.3. The summed E-state index contributed by atoms with van der Waals surface area (Å²) < 4.78 is 1.00. The van der Waals surface area contributed by atoms with Crippen molar-refractivity contribution in [2.24, 2.45) is 0 Å². The van der Waals surface area contributed by atoms with E-state index < -0.39 is 0 Å². The molecule has 0 saturated heterocycles. The van der Waals surface area contributed by atoms with Gasteiger partial charge in [-0.2, -0.15) is 0 Å². The molecule has 0 aliphatic heterocycles. The predicted molar refractivity (Wildman–Crippen MR) is 83.2 cm³/mol. The molecule has 0 atom stereocenters. The number of nitrogens with one attached hydrogen (secondary N) is 1. The molecule has 0 fully saturated rings. The van der Waals surface area contributed by atoms with Gasteiger partial charge in [0, 0.05) is 10.0 Å². The zero-order valence-corrected chi connectivity index (χ0v) is 13.2. The van der Waals surface area contributed by atoms with Crippen molar-refractivity contribution in [2.75, 3.05) is 5.32 Å². The van der Waals surface area contributed by atoms with Gasteiger partial charge in [-0.25, -0.2) is 9.97 Å². The lowest BCUT2D eigenvalue weighted by Crippen LogP contribution is -2.02. The Kier molecular flexibility index (Phi) is 4.77. The molecule has 0 saturated carbocycles. The fourth-order valence-corrected chi connectivity index (χ4v) is 2.64. The highest BCUT2D eigenvalue weighted by Crippen LogP contribution is 2.29. The Morgan fingerprint density at radius 3 is 2.79 bits per heavy atom. The second-order valence-corrected chi connectivity index (χ2v) is 5.56. The van der Waals surface area contributed by atoms with Gasteiger partial charge in [-0.1, -0.05) is 31.0 Å². The maximum Gasteiger partial charge on any atom is 0.138 e. The largest absolute Gasteiger partial charge is 0.339 e. The lowest BCUT2D eigenvalue weighted by molar-refractivity contribution is 0.904. The number of anilines is 2. The highest BCUT2D eigenvalue weighted by Gasteiger charge is 2.10. The van der Waals surface area contributed by atoms with Crippen LogP contribution in [0.4, 0.5) is 11.5 Å². The van der Waals surface area contributed by atoms with E-state index in [1.807, 2.05) is 6.07 Å². The quantitative estimate of drug-likeness (QED) is 0.805. The highest BCUT2D eigenvalue weighted by atomic mass is 79.9. The Morgan fingerprint density at radius 1 is 1.32 bits per heavy atom. The van der Waals surface area contributed by atoms with Crippen molar-refractivity contribution in [3.63, 3.8) is 0 Å². The Labute approximate surface area is 126 Å². The van der Waals surface area contributed by atoms with Gasteiger partial charge in [0.05, 0.1) is 5.69 Å². The summed E-state index contributed by atoms with van der Waals surface area (Å²) in [7, 11) is 0. The van der Waals surface area contributed by atoms with E-state index in [1.165, 1.54) is 11.9 Å². The maximum atomic E-state index is 6.14. The van der Waals surface area contributed by atoms with Crippen LogP contribution in [-0.4, -0.2) is 9.97 Å². The molecule has 2 aromatic rings. The van der Waals surface area contributed by atoms with Crippen molar-refractivity contribution < 1.29 is 0 Å². The number of aromatic nitrogens is 2. The summed E-state index contributed by atoms with van der Waals surface area (Å²) in [4.78, 5) is 8.33. The molecule has 2 rings (SSSR count). The van der Waals surface area contributed by atoms with Crippen LogP contribution < -0.4 is 5.32 Å². The molecular weight excluding hydrogens is 326 g/mol. The molecule has 0 aliphatic rings. The Balaban J connectivity index is 2.35. The van der Waals surface area contributed by atoms with Crippen LogP contribution in [-0.2, 0) is 6.42 Å². The van der Waals surface area contributed by atoms with E-state index in [1.54, 1.807) is 0 Å². The van der Waals surface area contributed by atoms with Gasteiger partial charge in [0.15, 0.2) is 0 Å². The van der Waals surface area contributed by atoms with Crippen LogP contribution >= 0.6 is 27.5 Å². The first-order valence-electron chi connectivity index (χ1n) is 6.14. The van der Waals surface area contributed by atoms with Gasteiger partial charge in [-0.15, -0.1) is 0 Å². The smallest absolute Gasteiger partial charge is 0.138 e. The van der Waals surface area contributed by atoms with Crippen LogP contribution in [0.5, 0.6) is 0 Å². The summed E-state index contributed by atoms with van der Waals surface area (Å²) in [6.45, 7) is 4.16. The second-order valence-electron chi connectivity index (χ2n) is 4.35. The van der Waals surface area contributed by atoms with Gasteiger partial charge >= 0.3 is 0 Å². The van der Waals surface area contributed by atoms with Crippen molar-refractivity contribution in [1.29, 1.82) is 0 Å². The fourth-order valence-electron chi connectivity index (χ4n) is 1.82. The number of hydrogen-bond acceptors (Lipinski definition) is 3. The predicted octanol–water partition coefficient (Wildman–Crippen LogP) is 4.90. The minimum atomic E-state index is 0.516.